The molecule has 2 heterocycles. The lowest BCUT2D eigenvalue weighted by Crippen LogP contribution is -2.15. The van der Waals surface area contributed by atoms with Crippen LogP contribution in [-0.2, 0) is 14.0 Å². The van der Waals surface area contributed by atoms with Gasteiger partial charge < -0.3 is 14.0 Å². The van der Waals surface area contributed by atoms with E-state index in [0.717, 1.165) is 22.3 Å². The zero-order valence-electron chi connectivity index (χ0n) is 21.8. The SMILES string of the molecule is C=CC(=C\C=C/C)/C(C)=C/C1=C(C)OC(C)=C2/C(=C\C)OC(C)=C(/C=C(\C)c3ccccc3)P12=O. The minimum absolute atomic E-state index is 0.585. The molecular formula is C31H35O3P. The predicted molar refractivity (Wildman–Crippen MR) is 149 cm³/mol. The molecule has 0 aromatic heterocycles. The van der Waals surface area contributed by atoms with Gasteiger partial charge in [-0.2, -0.15) is 0 Å². The summed E-state index contributed by atoms with van der Waals surface area (Å²) < 4.78 is 27.7. The highest BCUT2D eigenvalue weighted by molar-refractivity contribution is 7.77. The summed E-state index contributed by atoms with van der Waals surface area (Å²) in [7, 11) is -3.30. The van der Waals surface area contributed by atoms with Crippen molar-refractivity contribution in [1.82, 2.24) is 0 Å². The zero-order valence-corrected chi connectivity index (χ0v) is 22.7. The molecule has 1 atom stereocenters. The number of allylic oxidation sites excluding steroid dienone is 16. The molecule has 0 saturated carbocycles. The summed E-state index contributed by atoms with van der Waals surface area (Å²) in [6.45, 7) is 17.5. The first-order chi connectivity index (χ1) is 16.7. The Hall–Kier alpha value is -3.29. The van der Waals surface area contributed by atoms with Crippen molar-refractivity contribution in [2.75, 3.05) is 0 Å². The molecule has 2 aliphatic heterocycles. The molecule has 0 amide bonds. The van der Waals surface area contributed by atoms with Crippen LogP contribution in [0.5, 0.6) is 0 Å². The van der Waals surface area contributed by atoms with Crippen molar-refractivity contribution < 1.29 is 14.0 Å². The van der Waals surface area contributed by atoms with Crippen LogP contribution in [0.3, 0.4) is 0 Å². The van der Waals surface area contributed by atoms with E-state index >= 15 is 4.57 Å². The first-order valence-corrected chi connectivity index (χ1v) is 13.5. The van der Waals surface area contributed by atoms with E-state index in [9.17, 15) is 0 Å². The molecule has 2 aliphatic rings. The summed E-state index contributed by atoms with van der Waals surface area (Å²) >= 11 is 0. The summed E-state index contributed by atoms with van der Waals surface area (Å²) in [5, 5.41) is 2.00. The molecule has 0 N–H and O–H groups in total. The minimum atomic E-state index is -3.30. The lowest BCUT2D eigenvalue weighted by molar-refractivity contribution is 0.280. The van der Waals surface area contributed by atoms with Gasteiger partial charge in [-0.1, -0.05) is 61.2 Å². The third kappa shape index (κ3) is 5.06. The Kier molecular flexibility index (Phi) is 8.25. The Morgan fingerprint density at radius 2 is 1.54 bits per heavy atom. The van der Waals surface area contributed by atoms with Gasteiger partial charge >= 0.3 is 0 Å². The summed E-state index contributed by atoms with van der Waals surface area (Å²) in [5.41, 5.74) is 4.01. The maximum absolute atomic E-state index is 15.4. The maximum Gasteiger partial charge on any atom is 0.184 e. The Bertz CT molecular complexity index is 1320. The lowest BCUT2D eigenvalue weighted by Gasteiger charge is -2.36. The number of benzene rings is 1. The predicted octanol–water partition coefficient (Wildman–Crippen LogP) is 9.75. The van der Waals surface area contributed by atoms with E-state index in [1.165, 1.54) is 0 Å². The Morgan fingerprint density at radius 1 is 0.914 bits per heavy atom. The van der Waals surface area contributed by atoms with Crippen LogP contribution < -0.4 is 0 Å². The van der Waals surface area contributed by atoms with Crippen molar-refractivity contribution in [3.63, 3.8) is 0 Å². The van der Waals surface area contributed by atoms with Crippen LogP contribution in [0, 0.1) is 0 Å². The average Bonchev–Trinajstić information content (AvgIpc) is 2.84. The summed E-state index contributed by atoms with van der Waals surface area (Å²) in [6.07, 6.45) is 13.6. The van der Waals surface area contributed by atoms with E-state index in [1.54, 1.807) is 0 Å². The van der Waals surface area contributed by atoms with Crippen LogP contribution in [0.2, 0.25) is 0 Å². The van der Waals surface area contributed by atoms with E-state index in [2.05, 4.69) is 18.7 Å². The number of hydrogen-bond acceptors (Lipinski definition) is 3. The largest absolute Gasteiger partial charge is 0.465 e. The van der Waals surface area contributed by atoms with E-state index in [-0.39, 0.29) is 0 Å². The number of fused-ring (bicyclic) bond motifs is 1. The quantitative estimate of drug-likeness (QED) is 0.296. The highest BCUT2D eigenvalue weighted by Gasteiger charge is 2.47. The molecule has 4 heteroatoms. The molecule has 1 unspecified atom stereocenters. The van der Waals surface area contributed by atoms with Gasteiger partial charge in [0.05, 0.1) is 10.6 Å². The van der Waals surface area contributed by atoms with Crippen molar-refractivity contribution in [2.24, 2.45) is 0 Å². The second kappa shape index (κ2) is 11.0. The maximum atomic E-state index is 15.4. The molecule has 3 nitrogen and oxygen atoms in total. The second-order valence-corrected chi connectivity index (χ2v) is 11.3. The highest BCUT2D eigenvalue weighted by atomic mass is 31.2. The third-order valence-corrected chi connectivity index (χ3v) is 9.60. The normalized spacial score (nSPS) is 23.1. The molecule has 0 radical (unpaired) electrons. The molecule has 0 spiro atoms. The summed E-state index contributed by atoms with van der Waals surface area (Å²) in [4.78, 5) is 0. The molecular weight excluding hydrogens is 451 g/mol. The topological polar surface area (TPSA) is 35.5 Å². The van der Waals surface area contributed by atoms with Crippen LogP contribution >= 0.6 is 7.14 Å². The number of hydrogen-bond donors (Lipinski definition) is 0. The fourth-order valence-corrected chi connectivity index (χ4v) is 7.82. The fourth-order valence-electron chi connectivity index (χ4n) is 4.38. The van der Waals surface area contributed by atoms with Gasteiger partial charge in [0.25, 0.3) is 0 Å². The second-order valence-electron chi connectivity index (χ2n) is 8.63. The van der Waals surface area contributed by atoms with E-state index in [0.29, 0.717) is 39.0 Å². The molecule has 0 aliphatic carbocycles. The molecule has 0 saturated heterocycles. The Labute approximate surface area is 210 Å². The van der Waals surface area contributed by atoms with Gasteiger partial charge in [-0.25, -0.2) is 0 Å². The van der Waals surface area contributed by atoms with Crippen molar-refractivity contribution in [2.45, 2.75) is 48.5 Å². The van der Waals surface area contributed by atoms with Crippen molar-refractivity contribution in [1.29, 1.82) is 0 Å². The lowest BCUT2D eigenvalue weighted by atomic mass is 10.1. The van der Waals surface area contributed by atoms with Gasteiger partial charge in [-0.15, -0.1) is 0 Å². The zero-order chi connectivity index (χ0) is 25.8. The fraction of sp³-hybridized carbons (Fsp3) is 0.226. The Morgan fingerprint density at radius 3 is 2.14 bits per heavy atom. The Balaban J connectivity index is 2.32. The molecule has 182 valence electrons. The van der Waals surface area contributed by atoms with E-state index in [4.69, 9.17) is 9.47 Å². The van der Waals surface area contributed by atoms with Gasteiger partial charge in [0.1, 0.15) is 28.4 Å². The van der Waals surface area contributed by atoms with Gasteiger partial charge in [0, 0.05) is 0 Å². The van der Waals surface area contributed by atoms with Gasteiger partial charge in [-0.3, -0.25) is 0 Å². The van der Waals surface area contributed by atoms with Crippen LogP contribution in [-0.4, -0.2) is 0 Å². The first kappa shape index (κ1) is 26.3. The first-order valence-electron chi connectivity index (χ1n) is 11.8. The van der Waals surface area contributed by atoms with Crippen LogP contribution in [0.1, 0.15) is 54.0 Å². The van der Waals surface area contributed by atoms with Crippen molar-refractivity contribution in [3.8, 4) is 0 Å². The average molecular weight is 487 g/mol. The van der Waals surface area contributed by atoms with Crippen molar-refractivity contribution in [3.05, 3.63) is 135 Å². The molecule has 1 aromatic carbocycles. The molecule has 3 rings (SSSR count). The van der Waals surface area contributed by atoms with Gasteiger partial charge in [-0.05, 0) is 89.0 Å². The summed E-state index contributed by atoms with van der Waals surface area (Å²) in [5.74, 6) is 2.47. The van der Waals surface area contributed by atoms with Crippen molar-refractivity contribution >= 4 is 12.7 Å². The minimum Gasteiger partial charge on any atom is -0.465 e. The van der Waals surface area contributed by atoms with Crippen LogP contribution in [0.25, 0.3) is 5.57 Å². The summed E-state index contributed by atoms with van der Waals surface area (Å²) in [6, 6.07) is 10.1. The standard InChI is InChI=1S/C31H35O3P/c1-9-12-16-26(10-2)21(4)19-29-23(6)33-25(8)31-28(11-3)34-24(7)30(35(29,31)32)20-22(5)27-17-14-13-15-18-27/h9-20H,2H2,1,3-8H3/b12-9-,21-19+,22-20+,26-16+,28-11+. The van der Waals surface area contributed by atoms with E-state index in [1.807, 2.05) is 109 Å². The van der Waals surface area contributed by atoms with E-state index < -0.39 is 7.14 Å². The highest BCUT2D eigenvalue weighted by Crippen LogP contribution is 2.75. The molecule has 0 bridgehead atoms. The van der Waals surface area contributed by atoms with Crippen LogP contribution in [0.4, 0.5) is 0 Å². The smallest absolute Gasteiger partial charge is 0.184 e. The molecule has 0 fully saturated rings. The number of ether oxygens (including phenoxy) is 2. The molecule has 35 heavy (non-hydrogen) atoms. The number of rotatable bonds is 6. The van der Waals surface area contributed by atoms with Crippen LogP contribution in [0.15, 0.2) is 130 Å². The monoisotopic (exact) mass is 486 g/mol. The van der Waals surface area contributed by atoms with Gasteiger partial charge in [0.2, 0.25) is 0 Å². The molecule has 1 aromatic rings. The third-order valence-electron chi connectivity index (χ3n) is 6.19. The van der Waals surface area contributed by atoms with Gasteiger partial charge in [0.15, 0.2) is 7.14 Å².